The maximum Gasteiger partial charge on any atom is 0.244 e. The highest BCUT2D eigenvalue weighted by molar-refractivity contribution is 7.89. The van der Waals surface area contributed by atoms with Crippen LogP contribution in [0.5, 0.6) is 0 Å². The van der Waals surface area contributed by atoms with Gasteiger partial charge in [0.2, 0.25) is 10.0 Å². The molecule has 1 fully saturated rings. The second-order valence-electron chi connectivity index (χ2n) is 4.91. The molecule has 0 atom stereocenters. The summed E-state index contributed by atoms with van der Waals surface area (Å²) >= 11 is 0. The Morgan fingerprint density at radius 1 is 1.30 bits per heavy atom. The van der Waals surface area contributed by atoms with Crippen LogP contribution in [0, 0.1) is 6.92 Å². The van der Waals surface area contributed by atoms with Crippen molar-refractivity contribution < 1.29 is 8.42 Å². The summed E-state index contributed by atoms with van der Waals surface area (Å²) < 4.78 is 28.3. The molecule has 0 unspecified atom stereocenters. The molecule has 1 saturated heterocycles. The van der Waals surface area contributed by atoms with Gasteiger partial charge in [-0.3, -0.25) is 4.68 Å². The van der Waals surface area contributed by atoms with Crippen LogP contribution in [0.4, 0.5) is 0 Å². The zero-order valence-electron chi connectivity index (χ0n) is 11.5. The van der Waals surface area contributed by atoms with Crippen LogP contribution >= 0.6 is 0 Å². The van der Waals surface area contributed by atoms with Gasteiger partial charge in [-0.1, -0.05) is 0 Å². The zero-order chi connectivity index (χ0) is 14.3. The topological polar surface area (TPSA) is 80.1 Å². The van der Waals surface area contributed by atoms with Crippen molar-refractivity contribution in [1.82, 2.24) is 24.4 Å². The van der Waals surface area contributed by atoms with Crippen LogP contribution in [-0.2, 0) is 17.1 Å². The molecule has 1 aliphatic rings. The molecule has 0 aliphatic carbocycles. The fourth-order valence-corrected chi connectivity index (χ4v) is 3.88. The molecule has 3 heterocycles. The number of sulfonamides is 1. The maximum atomic E-state index is 12.6. The molecule has 0 amide bonds. The molecule has 1 N–H and O–H groups in total. The lowest BCUT2D eigenvalue weighted by Gasteiger charge is -2.26. The van der Waals surface area contributed by atoms with Crippen molar-refractivity contribution in [1.29, 1.82) is 0 Å². The van der Waals surface area contributed by atoms with Crippen LogP contribution in [0.1, 0.15) is 5.69 Å². The largest absolute Gasteiger partial charge is 0.314 e. The highest BCUT2D eigenvalue weighted by atomic mass is 32.2. The van der Waals surface area contributed by atoms with Crippen molar-refractivity contribution in [2.45, 2.75) is 11.8 Å². The summed E-state index contributed by atoms with van der Waals surface area (Å²) in [6.07, 6.45) is 1.42. The number of hydrogen-bond donors (Lipinski definition) is 1. The summed E-state index contributed by atoms with van der Waals surface area (Å²) in [6, 6.07) is 1.67. The summed E-state index contributed by atoms with van der Waals surface area (Å²) in [6.45, 7) is 4.20. The predicted octanol–water partition coefficient (Wildman–Crippen LogP) is -0.129. The molecule has 108 valence electrons. The number of aryl methyl sites for hydroxylation is 2. The van der Waals surface area contributed by atoms with E-state index in [1.807, 2.05) is 6.92 Å². The molecular weight excluding hydrogens is 278 g/mol. The molecule has 8 heteroatoms. The molecule has 0 aromatic carbocycles. The van der Waals surface area contributed by atoms with Gasteiger partial charge < -0.3 is 5.32 Å². The normalized spacial score (nSPS) is 17.7. The molecule has 0 spiro atoms. The third-order valence-corrected chi connectivity index (χ3v) is 5.42. The first-order chi connectivity index (χ1) is 9.50. The Hall–Kier alpha value is -1.51. The molecule has 7 nitrogen and oxygen atoms in total. The first-order valence-corrected chi connectivity index (χ1v) is 7.94. The van der Waals surface area contributed by atoms with E-state index < -0.39 is 10.0 Å². The Labute approximate surface area is 117 Å². The predicted molar refractivity (Wildman–Crippen MR) is 74.9 cm³/mol. The maximum absolute atomic E-state index is 12.6. The third-order valence-electron chi connectivity index (χ3n) is 3.55. The van der Waals surface area contributed by atoms with E-state index in [0.29, 0.717) is 31.8 Å². The molecule has 2 aromatic rings. The Morgan fingerprint density at radius 3 is 2.70 bits per heavy atom. The van der Waals surface area contributed by atoms with Gasteiger partial charge in [-0.25, -0.2) is 13.4 Å². The molecule has 0 saturated carbocycles. The van der Waals surface area contributed by atoms with E-state index in [9.17, 15) is 8.42 Å². The van der Waals surface area contributed by atoms with Crippen LogP contribution in [0.25, 0.3) is 11.0 Å². The van der Waals surface area contributed by atoms with E-state index in [0.717, 1.165) is 11.1 Å². The van der Waals surface area contributed by atoms with Crippen LogP contribution < -0.4 is 5.32 Å². The van der Waals surface area contributed by atoms with E-state index in [2.05, 4.69) is 15.4 Å². The van der Waals surface area contributed by atoms with Crippen molar-refractivity contribution in [3.8, 4) is 0 Å². The lowest BCUT2D eigenvalue weighted by atomic mass is 10.3. The van der Waals surface area contributed by atoms with Crippen molar-refractivity contribution in [3.05, 3.63) is 18.0 Å². The second kappa shape index (κ2) is 4.80. The van der Waals surface area contributed by atoms with E-state index in [1.165, 1.54) is 10.5 Å². The van der Waals surface area contributed by atoms with Crippen LogP contribution in [0.3, 0.4) is 0 Å². The molecular formula is C12H17N5O2S. The average Bonchev–Trinajstić information content (AvgIpc) is 2.75. The minimum atomic E-state index is -3.47. The van der Waals surface area contributed by atoms with Crippen LogP contribution in [-0.4, -0.2) is 53.7 Å². The number of rotatable bonds is 2. The summed E-state index contributed by atoms with van der Waals surface area (Å²) in [7, 11) is -1.67. The molecule has 0 radical (unpaired) electrons. The van der Waals surface area contributed by atoms with E-state index >= 15 is 0 Å². The molecule has 3 rings (SSSR count). The van der Waals surface area contributed by atoms with Gasteiger partial charge >= 0.3 is 0 Å². The average molecular weight is 295 g/mol. The van der Waals surface area contributed by atoms with Gasteiger partial charge in [-0.15, -0.1) is 0 Å². The lowest BCUT2D eigenvalue weighted by molar-refractivity contribution is 0.360. The molecule has 2 aromatic heterocycles. The number of aromatic nitrogens is 3. The van der Waals surface area contributed by atoms with Crippen molar-refractivity contribution in [2.75, 3.05) is 26.2 Å². The smallest absolute Gasteiger partial charge is 0.244 e. The van der Waals surface area contributed by atoms with E-state index in [4.69, 9.17) is 0 Å². The number of pyridine rings is 1. The Bertz CT molecular complexity index is 747. The fraction of sp³-hybridized carbons (Fsp3) is 0.500. The SMILES string of the molecule is Cc1nn(C)c2ncc(S(=O)(=O)N3CCNCC3)cc12. The van der Waals surface area contributed by atoms with Crippen LogP contribution in [0.2, 0.25) is 0 Å². The van der Waals surface area contributed by atoms with Crippen molar-refractivity contribution >= 4 is 21.1 Å². The number of fused-ring (bicyclic) bond motifs is 1. The highest BCUT2D eigenvalue weighted by Gasteiger charge is 2.26. The number of nitrogens with one attached hydrogen (secondary N) is 1. The van der Waals surface area contributed by atoms with E-state index in [-0.39, 0.29) is 4.90 Å². The molecule has 20 heavy (non-hydrogen) atoms. The summed E-state index contributed by atoms with van der Waals surface area (Å²) in [5.41, 5.74) is 1.48. The van der Waals surface area contributed by atoms with Gasteiger partial charge in [-0.2, -0.15) is 9.40 Å². The fourth-order valence-electron chi connectivity index (χ4n) is 2.46. The summed E-state index contributed by atoms with van der Waals surface area (Å²) in [4.78, 5) is 4.48. The van der Waals surface area contributed by atoms with Crippen molar-refractivity contribution in [2.24, 2.45) is 7.05 Å². The second-order valence-corrected chi connectivity index (χ2v) is 6.84. The Kier molecular flexibility index (Phi) is 3.23. The van der Waals surface area contributed by atoms with Gasteiger partial charge in [-0.05, 0) is 13.0 Å². The highest BCUT2D eigenvalue weighted by Crippen LogP contribution is 2.22. The monoisotopic (exact) mass is 295 g/mol. The third kappa shape index (κ3) is 2.09. The summed E-state index contributed by atoms with van der Waals surface area (Å²) in [5.74, 6) is 0. The molecule has 0 bridgehead atoms. The first-order valence-electron chi connectivity index (χ1n) is 6.50. The number of hydrogen-bond acceptors (Lipinski definition) is 5. The van der Waals surface area contributed by atoms with Gasteiger partial charge in [0.1, 0.15) is 4.90 Å². The number of nitrogens with zero attached hydrogens (tertiary/aromatic N) is 4. The number of piperazine rings is 1. The van der Waals surface area contributed by atoms with Gasteiger partial charge in [0.05, 0.1) is 5.69 Å². The van der Waals surface area contributed by atoms with Crippen LogP contribution in [0.15, 0.2) is 17.2 Å². The molecule has 1 aliphatic heterocycles. The zero-order valence-corrected chi connectivity index (χ0v) is 12.3. The Balaban J connectivity index is 2.07. The Morgan fingerprint density at radius 2 is 2.00 bits per heavy atom. The lowest BCUT2D eigenvalue weighted by Crippen LogP contribution is -2.46. The van der Waals surface area contributed by atoms with E-state index in [1.54, 1.807) is 17.8 Å². The minimum absolute atomic E-state index is 0.239. The van der Waals surface area contributed by atoms with Crippen molar-refractivity contribution in [3.63, 3.8) is 0 Å². The van der Waals surface area contributed by atoms with Gasteiger partial charge in [0, 0.05) is 44.8 Å². The van der Waals surface area contributed by atoms with Gasteiger partial charge in [0.25, 0.3) is 0 Å². The van der Waals surface area contributed by atoms with Gasteiger partial charge in [0.15, 0.2) is 5.65 Å². The minimum Gasteiger partial charge on any atom is -0.314 e. The first kappa shape index (κ1) is 13.5. The summed E-state index contributed by atoms with van der Waals surface area (Å²) in [5, 5.41) is 8.19. The quantitative estimate of drug-likeness (QED) is 0.835. The standard InChI is InChI=1S/C12H17N5O2S/c1-9-11-7-10(8-14-12(11)16(2)15-9)20(18,19)17-5-3-13-4-6-17/h7-8,13H,3-6H2,1-2H3.